The first kappa shape index (κ1) is 15.0. The van der Waals surface area contributed by atoms with Gasteiger partial charge in [-0.25, -0.2) is 0 Å². The molecular formula is C14H16BrF3N2O. The van der Waals surface area contributed by atoms with Crippen molar-refractivity contribution in [3.8, 4) is 5.75 Å². The number of likely N-dealkylation sites (tertiary alicyclic amines) is 1. The van der Waals surface area contributed by atoms with Crippen LogP contribution in [0.3, 0.4) is 0 Å². The van der Waals surface area contributed by atoms with Gasteiger partial charge in [0.2, 0.25) is 0 Å². The van der Waals surface area contributed by atoms with E-state index in [1.165, 1.54) is 18.9 Å². The zero-order chi connectivity index (χ0) is 15.0. The van der Waals surface area contributed by atoms with Gasteiger partial charge in [-0.2, -0.15) is 0 Å². The molecule has 1 aliphatic carbocycles. The molecule has 3 rings (SSSR count). The summed E-state index contributed by atoms with van der Waals surface area (Å²) < 4.78 is 42.1. The second-order valence-corrected chi connectivity index (χ2v) is 6.46. The van der Waals surface area contributed by atoms with Crippen LogP contribution in [0.2, 0.25) is 0 Å². The maximum Gasteiger partial charge on any atom is 0.573 e. The number of hydrogen-bond acceptors (Lipinski definition) is 3. The van der Waals surface area contributed by atoms with Crippen molar-refractivity contribution in [2.45, 2.75) is 37.7 Å². The molecule has 1 heterocycles. The van der Waals surface area contributed by atoms with E-state index >= 15 is 0 Å². The molecule has 0 radical (unpaired) electrons. The average Bonchev–Trinajstić information content (AvgIpc) is 3.12. The number of halogens is 4. The molecule has 3 nitrogen and oxygen atoms in total. The van der Waals surface area contributed by atoms with Crippen LogP contribution in [0.4, 0.5) is 18.9 Å². The van der Waals surface area contributed by atoms with Crippen LogP contribution in [0.25, 0.3) is 0 Å². The first-order valence-electron chi connectivity index (χ1n) is 6.96. The smallest absolute Gasteiger partial charge is 0.404 e. The van der Waals surface area contributed by atoms with Gasteiger partial charge in [-0.1, -0.05) is 15.9 Å². The van der Waals surface area contributed by atoms with Gasteiger partial charge < -0.3 is 10.1 Å². The van der Waals surface area contributed by atoms with Crippen molar-refractivity contribution >= 4 is 21.6 Å². The quantitative estimate of drug-likeness (QED) is 0.873. The van der Waals surface area contributed by atoms with Crippen molar-refractivity contribution in [2.24, 2.45) is 0 Å². The molecule has 0 spiro atoms. The fourth-order valence-electron chi connectivity index (χ4n) is 2.72. The summed E-state index contributed by atoms with van der Waals surface area (Å²) in [6.45, 7) is 1.89. The molecule has 7 heteroatoms. The van der Waals surface area contributed by atoms with Crippen molar-refractivity contribution in [1.82, 2.24) is 4.90 Å². The topological polar surface area (TPSA) is 24.5 Å². The number of hydrogen-bond donors (Lipinski definition) is 1. The summed E-state index contributed by atoms with van der Waals surface area (Å²) in [6, 6.07) is 5.52. The number of alkyl halides is 3. The fourth-order valence-corrected chi connectivity index (χ4v) is 3.06. The van der Waals surface area contributed by atoms with E-state index in [2.05, 4.69) is 30.9 Å². The Morgan fingerprint density at radius 2 is 2.00 bits per heavy atom. The highest BCUT2D eigenvalue weighted by molar-refractivity contribution is 9.10. The van der Waals surface area contributed by atoms with Crippen molar-refractivity contribution < 1.29 is 17.9 Å². The third kappa shape index (κ3) is 4.03. The van der Waals surface area contributed by atoms with Crippen LogP contribution in [-0.4, -0.2) is 36.4 Å². The van der Waals surface area contributed by atoms with E-state index in [4.69, 9.17) is 0 Å². The third-order valence-electron chi connectivity index (χ3n) is 3.81. The second kappa shape index (κ2) is 5.68. The van der Waals surface area contributed by atoms with Crippen LogP contribution in [0.5, 0.6) is 5.75 Å². The van der Waals surface area contributed by atoms with Gasteiger partial charge in [0.15, 0.2) is 5.75 Å². The highest BCUT2D eigenvalue weighted by Gasteiger charge is 2.35. The zero-order valence-corrected chi connectivity index (χ0v) is 12.9. The number of rotatable bonds is 4. The monoisotopic (exact) mass is 364 g/mol. The molecule has 1 unspecified atom stereocenters. The Balaban J connectivity index is 1.69. The van der Waals surface area contributed by atoms with E-state index < -0.39 is 6.36 Å². The van der Waals surface area contributed by atoms with Crippen molar-refractivity contribution in [2.75, 3.05) is 18.4 Å². The van der Waals surface area contributed by atoms with E-state index in [9.17, 15) is 13.2 Å². The number of ether oxygens (including phenoxy) is 1. The molecule has 1 saturated heterocycles. The summed E-state index contributed by atoms with van der Waals surface area (Å²) in [5, 5.41) is 3.18. The third-order valence-corrected chi connectivity index (χ3v) is 4.31. The Hall–Kier alpha value is -0.950. The van der Waals surface area contributed by atoms with Crippen LogP contribution >= 0.6 is 15.9 Å². The molecular weight excluding hydrogens is 349 g/mol. The predicted octanol–water partition coefficient (Wildman–Crippen LogP) is 4.00. The Morgan fingerprint density at radius 3 is 2.67 bits per heavy atom. The van der Waals surface area contributed by atoms with Gasteiger partial charge in [-0.15, -0.1) is 13.2 Å². The minimum atomic E-state index is -4.69. The van der Waals surface area contributed by atoms with E-state index in [0.717, 1.165) is 19.5 Å². The summed E-state index contributed by atoms with van der Waals surface area (Å²) >= 11 is 3.17. The van der Waals surface area contributed by atoms with Crippen LogP contribution in [0.15, 0.2) is 22.7 Å². The molecule has 0 bridgehead atoms. The van der Waals surface area contributed by atoms with Gasteiger partial charge in [-0.05, 0) is 37.5 Å². The molecule has 0 amide bonds. The Bertz CT molecular complexity index is 519. The van der Waals surface area contributed by atoms with Gasteiger partial charge in [-0.3, -0.25) is 4.90 Å². The summed E-state index contributed by atoms with van der Waals surface area (Å²) in [5.41, 5.74) is 0.387. The lowest BCUT2D eigenvalue weighted by atomic mass is 10.2. The lowest BCUT2D eigenvalue weighted by molar-refractivity contribution is -0.274. The van der Waals surface area contributed by atoms with Gasteiger partial charge in [0.1, 0.15) is 0 Å². The van der Waals surface area contributed by atoms with Gasteiger partial charge in [0.05, 0.1) is 5.69 Å². The maximum absolute atomic E-state index is 12.5. The van der Waals surface area contributed by atoms with Crippen molar-refractivity contribution in [3.05, 3.63) is 22.7 Å². The molecule has 2 fully saturated rings. The van der Waals surface area contributed by atoms with Gasteiger partial charge in [0.25, 0.3) is 0 Å². The standard InChI is InChI=1S/C14H16BrF3N2O/c15-9-1-4-12(13(7-9)21-14(16,17)18)19-10-5-6-20(8-10)11-2-3-11/h1,4,7,10-11,19H,2-3,5-6,8H2. The molecule has 1 saturated carbocycles. The lowest BCUT2D eigenvalue weighted by Crippen LogP contribution is -2.28. The molecule has 1 aromatic carbocycles. The first-order chi connectivity index (χ1) is 9.90. The van der Waals surface area contributed by atoms with Crippen molar-refractivity contribution in [1.29, 1.82) is 0 Å². The number of nitrogens with one attached hydrogen (secondary N) is 1. The molecule has 1 atom stereocenters. The highest BCUT2D eigenvalue weighted by Crippen LogP contribution is 2.35. The first-order valence-corrected chi connectivity index (χ1v) is 7.76. The van der Waals surface area contributed by atoms with Crippen LogP contribution in [0.1, 0.15) is 19.3 Å². The maximum atomic E-state index is 12.5. The molecule has 116 valence electrons. The Labute approximate surface area is 129 Å². The van der Waals surface area contributed by atoms with Crippen LogP contribution in [-0.2, 0) is 0 Å². The molecule has 1 aliphatic heterocycles. The Morgan fingerprint density at radius 1 is 1.24 bits per heavy atom. The predicted molar refractivity (Wildman–Crippen MR) is 77.4 cm³/mol. The zero-order valence-electron chi connectivity index (χ0n) is 11.3. The van der Waals surface area contributed by atoms with E-state index in [1.807, 2.05) is 0 Å². The summed E-state index contributed by atoms with van der Waals surface area (Å²) in [6.07, 6.45) is -1.26. The molecule has 0 aromatic heterocycles. The van der Waals surface area contributed by atoms with Crippen LogP contribution in [0, 0.1) is 0 Å². The van der Waals surface area contributed by atoms with Gasteiger partial charge >= 0.3 is 6.36 Å². The minimum Gasteiger partial charge on any atom is -0.404 e. The van der Waals surface area contributed by atoms with E-state index in [1.54, 1.807) is 12.1 Å². The molecule has 1 aromatic rings. The normalized spacial score (nSPS) is 23.3. The molecule has 1 N–H and O–H groups in total. The summed E-state index contributed by atoms with van der Waals surface area (Å²) in [4.78, 5) is 2.40. The summed E-state index contributed by atoms with van der Waals surface area (Å²) in [7, 11) is 0. The molecule has 2 aliphatic rings. The number of nitrogens with zero attached hydrogens (tertiary/aromatic N) is 1. The summed E-state index contributed by atoms with van der Waals surface area (Å²) in [5.74, 6) is -0.193. The SMILES string of the molecule is FC(F)(F)Oc1cc(Br)ccc1NC1CCN(C2CC2)C1. The van der Waals surface area contributed by atoms with Crippen molar-refractivity contribution in [3.63, 3.8) is 0 Å². The van der Waals surface area contributed by atoms with E-state index in [0.29, 0.717) is 16.2 Å². The molecule has 21 heavy (non-hydrogen) atoms. The minimum absolute atomic E-state index is 0.169. The lowest BCUT2D eigenvalue weighted by Gasteiger charge is -2.19. The fraction of sp³-hybridized carbons (Fsp3) is 0.571. The second-order valence-electron chi connectivity index (χ2n) is 5.54. The Kier molecular flexibility index (Phi) is 4.05. The number of benzene rings is 1. The van der Waals surface area contributed by atoms with E-state index in [-0.39, 0.29) is 11.8 Å². The highest BCUT2D eigenvalue weighted by atomic mass is 79.9. The van der Waals surface area contributed by atoms with Gasteiger partial charge in [0, 0.05) is 29.6 Å². The largest absolute Gasteiger partial charge is 0.573 e. The average molecular weight is 365 g/mol. The van der Waals surface area contributed by atoms with Crippen LogP contribution < -0.4 is 10.1 Å². The number of anilines is 1.